The van der Waals surface area contributed by atoms with Gasteiger partial charge in [0.1, 0.15) is 24.5 Å². The molecule has 0 radical (unpaired) electrons. The van der Waals surface area contributed by atoms with Crippen LogP contribution in [0.4, 0.5) is 4.39 Å². The SMILES string of the molecule is CC1CN(C(=O)c2cccnc2OCc2ccccc2F)CC(=O)N1C. The molecule has 1 aliphatic heterocycles. The van der Waals surface area contributed by atoms with Gasteiger partial charge in [0.15, 0.2) is 0 Å². The lowest BCUT2D eigenvalue weighted by atomic mass is 10.1. The van der Waals surface area contributed by atoms with Gasteiger partial charge >= 0.3 is 0 Å². The van der Waals surface area contributed by atoms with Crippen molar-refractivity contribution in [3.05, 3.63) is 59.5 Å². The molecule has 2 amide bonds. The van der Waals surface area contributed by atoms with E-state index in [1.165, 1.54) is 17.2 Å². The second kappa shape index (κ2) is 7.51. The molecule has 1 aromatic carbocycles. The Kier molecular flexibility index (Phi) is 5.16. The summed E-state index contributed by atoms with van der Waals surface area (Å²) in [5.74, 6) is -0.695. The Bertz CT molecular complexity index is 827. The highest BCUT2D eigenvalue weighted by atomic mass is 19.1. The van der Waals surface area contributed by atoms with Gasteiger partial charge in [-0.05, 0) is 25.1 Å². The van der Waals surface area contributed by atoms with Crippen LogP contribution in [0, 0.1) is 5.82 Å². The van der Waals surface area contributed by atoms with E-state index in [0.717, 1.165) is 0 Å². The third-order valence-corrected chi connectivity index (χ3v) is 4.48. The number of piperazine rings is 1. The fraction of sp³-hybridized carbons (Fsp3) is 0.316. The van der Waals surface area contributed by atoms with Crippen LogP contribution in [-0.4, -0.2) is 52.8 Å². The number of carbonyl (C=O) groups is 2. The third kappa shape index (κ3) is 3.66. The lowest BCUT2D eigenvalue weighted by molar-refractivity contribution is -0.136. The fourth-order valence-electron chi connectivity index (χ4n) is 2.78. The average Bonchev–Trinajstić information content (AvgIpc) is 2.64. The van der Waals surface area contributed by atoms with Gasteiger partial charge in [0.25, 0.3) is 5.91 Å². The normalized spacial score (nSPS) is 17.3. The molecule has 1 fully saturated rings. The first-order valence-electron chi connectivity index (χ1n) is 8.33. The minimum Gasteiger partial charge on any atom is -0.472 e. The maximum absolute atomic E-state index is 13.7. The fourth-order valence-corrected chi connectivity index (χ4v) is 2.78. The van der Waals surface area contributed by atoms with E-state index in [9.17, 15) is 14.0 Å². The third-order valence-electron chi connectivity index (χ3n) is 4.48. The summed E-state index contributed by atoms with van der Waals surface area (Å²) in [6.07, 6.45) is 1.51. The predicted octanol–water partition coefficient (Wildman–Crippen LogP) is 2.10. The summed E-state index contributed by atoms with van der Waals surface area (Å²) in [5, 5.41) is 0. The molecule has 1 aliphatic rings. The topological polar surface area (TPSA) is 62.7 Å². The number of aromatic nitrogens is 1. The highest BCUT2D eigenvalue weighted by molar-refractivity contribution is 5.98. The molecule has 0 spiro atoms. The highest BCUT2D eigenvalue weighted by Crippen LogP contribution is 2.21. The van der Waals surface area contributed by atoms with Crippen LogP contribution in [0.15, 0.2) is 42.6 Å². The second-order valence-corrected chi connectivity index (χ2v) is 6.28. The Labute approximate surface area is 151 Å². The van der Waals surface area contributed by atoms with Crippen LogP contribution >= 0.6 is 0 Å². The van der Waals surface area contributed by atoms with E-state index >= 15 is 0 Å². The van der Waals surface area contributed by atoms with Crippen LogP contribution < -0.4 is 4.74 Å². The average molecular weight is 357 g/mol. The smallest absolute Gasteiger partial charge is 0.259 e. The van der Waals surface area contributed by atoms with Crippen molar-refractivity contribution >= 4 is 11.8 Å². The number of ether oxygens (including phenoxy) is 1. The summed E-state index contributed by atoms with van der Waals surface area (Å²) in [6.45, 7) is 2.29. The van der Waals surface area contributed by atoms with E-state index in [0.29, 0.717) is 12.1 Å². The Balaban J connectivity index is 1.77. The summed E-state index contributed by atoms with van der Waals surface area (Å²) in [5.41, 5.74) is 0.633. The zero-order valence-corrected chi connectivity index (χ0v) is 14.7. The molecular weight excluding hydrogens is 337 g/mol. The monoisotopic (exact) mass is 357 g/mol. The number of carbonyl (C=O) groups excluding carboxylic acids is 2. The Morgan fingerprint density at radius 3 is 2.81 bits per heavy atom. The molecule has 2 aromatic rings. The molecule has 0 N–H and O–H groups in total. The first kappa shape index (κ1) is 17.8. The molecule has 6 nitrogen and oxygen atoms in total. The van der Waals surface area contributed by atoms with Crippen LogP contribution in [0.25, 0.3) is 0 Å². The van der Waals surface area contributed by atoms with Crippen molar-refractivity contribution in [2.75, 3.05) is 20.1 Å². The van der Waals surface area contributed by atoms with Gasteiger partial charge in [-0.15, -0.1) is 0 Å². The van der Waals surface area contributed by atoms with E-state index in [-0.39, 0.29) is 48.3 Å². The van der Waals surface area contributed by atoms with Crippen LogP contribution in [0.1, 0.15) is 22.8 Å². The number of hydrogen-bond acceptors (Lipinski definition) is 4. The van der Waals surface area contributed by atoms with E-state index in [1.54, 1.807) is 42.3 Å². The maximum Gasteiger partial charge on any atom is 0.259 e. The van der Waals surface area contributed by atoms with E-state index in [2.05, 4.69) is 4.98 Å². The zero-order valence-electron chi connectivity index (χ0n) is 14.7. The Morgan fingerprint density at radius 1 is 1.31 bits per heavy atom. The van der Waals surface area contributed by atoms with Gasteiger partial charge in [-0.1, -0.05) is 18.2 Å². The van der Waals surface area contributed by atoms with Gasteiger partial charge in [-0.2, -0.15) is 0 Å². The van der Waals surface area contributed by atoms with Crippen LogP contribution in [0.3, 0.4) is 0 Å². The van der Waals surface area contributed by atoms with Crippen LogP contribution in [0.2, 0.25) is 0 Å². The largest absolute Gasteiger partial charge is 0.472 e. The Hall–Kier alpha value is -2.96. The summed E-state index contributed by atoms with van der Waals surface area (Å²) in [4.78, 5) is 32.1. The van der Waals surface area contributed by atoms with Crippen molar-refractivity contribution < 1.29 is 18.7 Å². The van der Waals surface area contributed by atoms with E-state index in [1.807, 2.05) is 6.92 Å². The predicted molar refractivity (Wildman–Crippen MR) is 93.1 cm³/mol. The maximum atomic E-state index is 13.7. The molecule has 26 heavy (non-hydrogen) atoms. The molecule has 7 heteroatoms. The van der Waals surface area contributed by atoms with Crippen molar-refractivity contribution in [3.63, 3.8) is 0 Å². The number of amides is 2. The quantitative estimate of drug-likeness (QED) is 0.841. The highest BCUT2D eigenvalue weighted by Gasteiger charge is 2.31. The minimum absolute atomic E-state index is 0.0152. The molecular formula is C19H20FN3O3. The zero-order chi connectivity index (χ0) is 18.7. The van der Waals surface area contributed by atoms with Crippen molar-refractivity contribution in [1.29, 1.82) is 0 Å². The molecule has 2 heterocycles. The van der Waals surface area contributed by atoms with Gasteiger partial charge in [0.05, 0.1) is 0 Å². The van der Waals surface area contributed by atoms with Crippen molar-refractivity contribution in [3.8, 4) is 5.88 Å². The first-order chi connectivity index (χ1) is 12.5. The van der Waals surface area contributed by atoms with Gasteiger partial charge in [0.2, 0.25) is 11.8 Å². The van der Waals surface area contributed by atoms with Crippen LogP contribution in [-0.2, 0) is 11.4 Å². The summed E-state index contributed by atoms with van der Waals surface area (Å²) >= 11 is 0. The number of halogens is 1. The first-order valence-corrected chi connectivity index (χ1v) is 8.33. The molecule has 0 saturated carbocycles. The van der Waals surface area contributed by atoms with Gasteiger partial charge < -0.3 is 14.5 Å². The number of rotatable bonds is 4. The number of nitrogens with zero attached hydrogens (tertiary/aromatic N) is 3. The summed E-state index contributed by atoms with van der Waals surface area (Å²) in [7, 11) is 1.72. The summed E-state index contributed by atoms with van der Waals surface area (Å²) in [6, 6.07) is 9.42. The molecule has 1 unspecified atom stereocenters. The standard InChI is InChI=1S/C19H20FN3O3/c1-13-10-23(11-17(24)22(13)2)19(25)15-7-5-9-21-18(15)26-12-14-6-3-4-8-16(14)20/h3-9,13H,10-12H2,1-2H3. The second-order valence-electron chi connectivity index (χ2n) is 6.28. The van der Waals surface area contributed by atoms with E-state index in [4.69, 9.17) is 4.74 Å². The molecule has 1 aromatic heterocycles. The van der Waals surface area contributed by atoms with Crippen molar-refractivity contribution in [2.45, 2.75) is 19.6 Å². The van der Waals surface area contributed by atoms with Gasteiger partial charge in [-0.3, -0.25) is 9.59 Å². The Morgan fingerprint density at radius 2 is 2.08 bits per heavy atom. The van der Waals surface area contributed by atoms with Crippen molar-refractivity contribution in [1.82, 2.24) is 14.8 Å². The minimum atomic E-state index is -0.380. The lowest BCUT2D eigenvalue weighted by Crippen LogP contribution is -2.55. The molecule has 1 saturated heterocycles. The molecule has 0 bridgehead atoms. The van der Waals surface area contributed by atoms with Gasteiger partial charge in [-0.25, -0.2) is 9.37 Å². The van der Waals surface area contributed by atoms with Crippen LogP contribution in [0.5, 0.6) is 5.88 Å². The lowest BCUT2D eigenvalue weighted by Gasteiger charge is -2.37. The number of hydrogen-bond donors (Lipinski definition) is 0. The van der Waals surface area contributed by atoms with Gasteiger partial charge in [0, 0.05) is 31.4 Å². The molecule has 136 valence electrons. The van der Waals surface area contributed by atoms with E-state index < -0.39 is 0 Å². The molecule has 1 atom stereocenters. The van der Waals surface area contributed by atoms with Crippen molar-refractivity contribution in [2.24, 2.45) is 0 Å². The molecule has 0 aliphatic carbocycles. The molecule has 3 rings (SSSR count). The number of pyridine rings is 1. The number of likely N-dealkylation sites (N-methyl/N-ethyl adjacent to an activating group) is 1. The summed E-state index contributed by atoms with van der Waals surface area (Å²) < 4.78 is 19.3. The number of benzene rings is 1.